The number of aromatic nitrogens is 1. The molecule has 82 valence electrons. The third kappa shape index (κ3) is 2.00. The predicted octanol–water partition coefficient (Wildman–Crippen LogP) is 1.24. The van der Waals surface area contributed by atoms with E-state index >= 15 is 0 Å². The largest absolute Gasteiger partial charge is 0.465 e. The lowest BCUT2D eigenvalue weighted by Gasteiger charge is -2.06. The van der Waals surface area contributed by atoms with E-state index in [1.807, 2.05) is 0 Å². The standard InChI is InChI=1S/C8H6F3NO3/c1-15-8(14)4-3(6(10)11)2-12-7(13)5(4)9/h2,6H,1H3,(H,12,13). The van der Waals surface area contributed by atoms with Crippen LogP contribution in [-0.4, -0.2) is 18.1 Å². The molecule has 0 spiro atoms. The van der Waals surface area contributed by atoms with Crippen molar-refractivity contribution >= 4 is 5.97 Å². The van der Waals surface area contributed by atoms with Crippen LogP contribution < -0.4 is 5.56 Å². The van der Waals surface area contributed by atoms with E-state index in [9.17, 15) is 22.8 Å². The molecule has 0 aliphatic heterocycles. The van der Waals surface area contributed by atoms with Gasteiger partial charge in [0.15, 0.2) is 0 Å². The number of rotatable bonds is 2. The maximum Gasteiger partial charge on any atom is 0.341 e. The van der Waals surface area contributed by atoms with Crippen LogP contribution in [-0.2, 0) is 4.74 Å². The van der Waals surface area contributed by atoms with Crippen molar-refractivity contribution in [3.8, 4) is 0 Å². The first-order valence-electron chi connectivity index (χ1n) is 3.76. The van der Waals surface area contributed by atoms with Crippen LogP contribution in [0.4, 0.5) is 13.2 Å². The van der Waals surface area contributed by atoms with Crippen LogP contribution in [0.2, 0.25) is 0 Å². The monoisotopic (exact) mass is 221 g/mol. The number of methoxy groups -OCH3 is 1. The number of hydrogen-bond donors (Lipinski definition) is 1. The highest BCUT2D eigenvalue weighted by molar-refractivity contribution is 5.91. The molecule has 1 heterocycles. The van der Waals surface area contributed by atoms with Crippen molar-refractivity contribution < 1.29 is 22.7 Å². The maximum absolute atomic E-state index is 13.1. The molecular formula is C8H6F3NO3. The van der Waals surface area contributed by atoms with Crippen molar-refractivity contribution in [3.05, 3.63) is 33.5 Å². The number of aromatic amines is 1. The zero-order valence-corrected chi connectivity index (χ0v) is 7.51. The summed E-state index contributed by atoms with van der Waals surface area (Å²) < 4.78 is 41.9. The molecule has 0 unspecified atom stereocenters. The van der Waals surface area contributed by atoms with E-state index in [4.69, 9.17) is 0 Å². The van der Waals surface area contributed by atoms with Gasteiger partial charge < -0.3 is 9.72 Å². The molecule has 0 saturated carbocycles. The number of esters is 1. The molecule has 0 fully saturated rings. The predicted molar refractivity (Wildman–Crippen MR) is 43.3 cm³/mol. The minimum atomic E-state index is -3.08. The van der Waals surface area contributed by atoms with Crippen LogP contribution >= 0.6 is 0 Å². The summed E-state index contributed by atoms with van der Waals surface area (Å²) in [5.74, 6) is -2.88. The summed E-state index contributed by atoms with van der Waals surface area (Å²) in [4.78, 5) is 23.5. The molecule has 1 aromatic rings. The van der Waals surface area contributed by atoms with Gasteiger partial charge >= 0.3 is 5.97 Å². The molecule has 4 nitrogen and oxygen atoms in total. The summed E-state index contributed by atoms with van der Waals surface area (Å²) in [5, 5.41) is 0. The zero-order chi connectivity index (χ0) is 11.6. The molecule has 0 amide bonds. The Bertz CT molecular complexity index is 441. The first-order valence-corrected chi connectivity index (χ1v) is 3.76. The summed E-state index contributed by atoms with van der Waals surface area (Å²) in [6.07, 6.45) is -2.49. The van der Waals surface area contributed by atoms with E-state index in [2.05, 4.69) is 4.74 Å². The Hall–Kier alpha value is -1.79. The smallest absolute Gasteiger partial charge is 0.341 e. The Kier molecular flexibility index (Phi) is 3.13. The normalized spacial score (nSPS) is 10.5. The fraction of sp³-hybridized carbons (Fsp3) is 0.250. The number of carbonyl (C=O) groups excluding carboxylic acids is 1. The molecule has 15 heavy (non-hydrogen) atoms. The number of halogens is 3. The zero-order valence-electron chi connectivity index (χ0n) is 7.51. The molecule has 0 radical (unpaired) electrons. The van der Waals surface area contributed by atoms with E-state index in [1.165, 1.54) is 0 Å². The average molecular weight is 221 g/mol. The number of nitrogens with one attached hydrogen (secondary N) is 1. The third-order valence-electron chi connectivity index (χ3n) is 1.69. The van der Waals surface area contributed by atoms with E-state index in [0.29, 0.717) is 6.20 Å². The highest BCUT2D eigenvalue weighted by atomic mass is 19.3. The highest BCUT2D eigenvalue weighted by Crippen LogP contribution is 2.22. The minimum Gasteiger partial charge on any atom is -0.465 e. The summed E-state index contributed by atoms with van der Waals surface area (Å²) in [6.45, 7) is 0. The number of carbonyl (C=O) groups is 1. The summed E-state index contributed by atoms with van der Waals surface area (Å²) >= 11 is 0. The van der Waals surface area contributed by atoms with Gasteiger partial charge in [0.25, 0.3) is 12.0 Å². The second-order valence-corrected chi connectivity index (χ2v) is 2.55. The molecule has 1 aromatic heterocycles. The number of hydrogen-bond acceptors (Lipinski definition) is 3. The van der Waals surface area contributed by atoms with Crippen molar-refractivity contribution in [3.63, 3.8) is 0 Å². The second kappa shape index (κ2) is 4.16. The molecule has 0 saturated heterocycles. The molecule has 0 bridgehead atoms. The molecule has 1 N–H and O–H groups in total. The Morgan fingerprint density at radius 2 is 2.13 bits per heavy atom. The average Bonchev–Trinajstić information content (AvgIpc) is 2.20. The van der Waals surface area contributed by atoms with Gasteiger partial charge in [0.2, 0.25) is 5.82 Å². The second-order valence-electron chi connectivity index (χ2n) is 2.55. The minimum absolute atomic E-state index is 0.586. The van der Waals surface area contributed by atoms with Crippen LogP contribution in [0.5, 0.6) is 0 Å². The first kappa shape index (κ1) is 11.3. The Balaban J connectivity index is 3.48. The number of ether oxygens (including phenoxy) is 1. The van der Waals surface area contributed by atoms with Gasteiger partial charge in [-0.1, -0.05) is 0 Å². The Labute approximate surface area is 81.7 Å². The molecule has 0 aliphatic carbocycles. The van der Waals surface area contributed by atoms with Crippen LogP contribution in [0.1, 0.15) is 22.3 Å². The first-order chi connectivity index (χ1) is 6.99. The van der Waals surface area contributed by atoms with Crippen molar-refractivity contribution in [2.24, 2.45) is 0 Å². The quantitative estimate of drug-likeness (QED) is 0.764. The fourth-order valence-electron chi connectivity index (χ4n) is 1.00. The third-order valence-corrected chi connectivity index (χ3v) is 1.69. The van der Waals surface area contributed by atoms with Gasteiger partial charge in [0, 0.05) is 6.20 Å². The van der Waals surface area contributed by atoms with Gasteiger partial charge in [-0.25, -0.2) is 13.6 Å². The van der Waals surface area contributed by atoms with Crippen molar-refractivity contribution in [2.45, 2.75) is 6.43 Å². The van der Waals surface area contributed by atoms with Crippen molar-refractivity contribution in [1.82, 2.24) is 4.98 Å². The van der Waals surface area contributed by atoms with E-state index in [1.54, 1.807) is 4.98 Å². The fourth-order valence-corrected chi connectivity index (χ4v) is 1.00. The SMILES string of the molecule is COC(=O)c1c(C(F)F)c[nH]c(=O)c1F. The molecule has 1 rings (SSSR count). The van der Waals surface area contributed by atoms with Gasteiger partial charge in [-0.15, -0.1) is 0 Å². The number of pyridine rings is 1. The van der Waals surface area contributed by atoms with Crippen LogP contribution in [0, 0.1) is 5.82 Å². The van der Waals surface area contributed by atoms with Gasteiger partial charge in [0.05, 0.1) is 12.7 Å². The molecule has 7 heteroatoms. The number of alkyl halides is 2. The van der Waals surface area contributed by atoms with Crippen molar-refractivity contribution in [1.29, 1.82) is 0 Å². The van der Waals surface area contributed by atoms with Crippen LogP contribution in [0.3, 0.4) is 0 Å². The lowest BCUT2D eigenvalue weighted by molar-refractivity contribution is 0.0582. The Morgan fingerprint density at radius 3 is 2.60 bits per heavy atom. The van der Waals surface area contributed by atoms with Gasteiger partial charge in [0.1, 0.15) is 5.56 Å². The molecule has 0 aromatic carbocycles. The van der Waals surface area contributed by atoms with Gasteiger partial charge in [-0.2, -0.15) is 4.39 Å². The molecule has 0 aliphatic rings. The van der Waals surface area contributed by atoms with Crippen molar-refractivity contribution in [2.75, 3.05) is 7.11 Å². The van der Waals surface area contributed by atoms with Gasteiger partial charge in [-0.05, 0) is 0 Å². The maximum atomic E-state index is 13.1. The van der Waals surface area contributed by atoms with E-state index in [-0.39, 0.29) is 0 Å². The Morgan fingerprint density at radius 1 is 1.53 bits per heavy atom. The van der Waals surface area contributed by atoms with Gasteiger partial charge in [-0.3, -0.25) is 4.79 Å². The topological polar surface area (TPSA) is 59.2 Å². The van der Waals surface area contributed by atoms with Crippen LogP contribution in [0.25, 0.3) is 0 Å². The van der Waals surface area contributed by atoms with E-state index < -0.39 is 34.9 Å². The van der Waals surface area contributed by atoms with E-state index in [0.717, 1.165) is 7.11 Å². The summed E-state index contributed by atoms with van der Waals surface area (Å²) in [5.41, 5.74) is -3.19. The highest BCUT2D eigenvalue weighted by Gasteiger charge is 2.25. The van der Waals surface area contributed by atoms with Crippen LogP contribution in [0.15, 0.2) is 11.0 Å². The molecular weight excluding hydrogens is 215 g/mol. The number of H-pyrrole nitrogens is 1. The molecule has 0 atom stereocenters. The summed E-state index contributed by atoms with van der Waals surface area (Å²) in [6, 6.07) is 0. The lowest BCUT2D eigenvalue weighted by Crippen LogP contribution is -2.20. The lowest BCUT2D eigenvalue weighted by atomic mass is 10.1. The summed E-state index contributed by atoms with van der Waals surface area (Å²) in [7, 11) is 0.901.